The van der Waals surface area contributed by atoms with Gasteiger partial charge in [-0.1, -0.05) is 23.8 Å². The van der Waals surface area contributed by atoms with Crippen LogP contribution in [0.3, 0.4) is 0 Å². The van der Waals surface area contributed by atoms with Crippen LogP contribution in [0.1, 0.15) is 5.56 Å². The van der Waals surface area contributed by atoms with Crippen molar-refractivity contribution in [2.45, 2.75) is 6.43 Å². The van der Waals surface area contributed by atoms with Gasteiger partial charge < -0.3 is 11.1 Å². The SMILES string of the molecule is NC(=S)c1ccc(Cl)cc1NCC(F)F. The van der Waals surface area contributed by atoms with Crippen molar-refractivity contribution in [3.63, 3.8) is 0 Å². The van der Waals surface area contributed by atoms with Crippen LogP contribution in [0.5, 0.6) is 0 Å². The predicted octanol–water partition coefficient (Wildman–Crippen LogP) is 2.65. The Morgan fingerprint density at radius 3 is 2.73 bits per heavy atom. The van der Waals surface area contributed by atoms with Crippen LogP contribution in [0.15, 0.2) is 18.2 Å². The van der Waals surface area contributed by atoms with Crippen LogP contribution in [0.4, 0.5) is 14.5 Å². The van der Waals surface area contributed by atoms with Gasteiger partial charge in [0.15, 0.2) is 0 Å². The summed E-state index contributed by atoms with van der Waals surface area (Å²) in [6.07, 6.45) is -2.44. The van der Waals surface area contributed by atoms with E-state index in [-0.39, 0.29) is 4.99 Å². The Morgan fingerprint density at radius 1 is 1.53 bits per heavy atom. The fourth-order valence-electron chi connectivity index (χ4n) is 1.06. The molecule has 0 fully saturated rings. The minimum absolute atomic E-state index is 0.142. The Morgan fingerprint density at radius 2 is 2.20 bits per heavy atom. The molecule has 0 atom stereocenters. The Kier molecular flexibility index (Phi) is 4.23. The maximum absolute atomic E-state index is 12.0. The summed E-state index contributed by atoms with van der Waals surface area (Å²) < 4.78 is 24.0. The second-order valence-corrected chi connectivity index (χ2v) is 3.70. The van der Waals surface area contributed by atoms with Crippen LogP contribution < -0.4 is 11.1 Å². The van der Waals surface area contributed by atoms with Crippen molar-refractivity contribution in [2.75, 3.05) is 11.9 Å². The molecule has 0 radical (unpaired) electrons. The zero-order valence-corrected chi connectivity index (χ0v) is 9.21. The van der Waals surface area contributed by atoms with Crippen molar-refractivity contribution < 1.29 is 8.78 Å². The summed E-state index contributed by atoms with van der Waals surface area (Å²) in [5.41, 5.74) is 6.37. The predicted molar refractivity (Wildman–Crippen MR) is 61.8 cm³/mol. The lowest BCUT2D eigenvalue weighted by atomic mass is 10.2. The molecule has 0 aromatic heterocycles. The second kappa shape index (κ2) is 5.23. The van der Waals surface area contributed by atoms with Gasteiger partial charge in [-0.2, -0.15) is 0 Å². The third-order valence-electron chi connectivity index (χ3n) is 1.69. The first-order valence-electron chi connectivity index (χ1n) is 4.12. The monoisotopic (exact) mass is 250 g/mol. The van der Waals surface area contributed by atoms with Gasteiger partial charge in [-0.25, -0.2) is 8.78 Å². The van der Waals surface area contributed by atoms with Gasteiger partial charge in [0.05, 0.1) is 6.54 Å². The third-order valence-corrected chi connectivity index (χ3v) is 2.15. The highest BCUT2D eigenvalue weighted by molar-refractivity contribution is 7.80. The molecule has 0 aliphatic rings. The molecule has 1 aromatic rings. The van der Waals surface area contributed by atoms with Gasteiger partial charge in [0.25, 0.3) is 6.43 Å². The molecule has 3 N–H and O–H groups in total. The standard InChI is InChI=1S/C9H9ClF2N2S/c10-5-1-2-6(9(13)15)7(3-5)14-4-8(11)12/h1-3,8,14H,4H2,(H2,13,15). The lowest BCUT2D eigenvalue weighted by Gasteiger charge is -2.10. The molecule has 0 saturated heterocycles. The van der Waals surface area contributed by atoms with E-state index in [1.807, 2.05) is 0 Å². The molecule has 0 saturated carbocycles. The average molecular weight is 251 g/mol. The molecule has 0 heterocycles. The van der Waals surface area contributed by atoms with Gasteiger partial charge in [0.2, 0.25) is 0 Å². The molecule has 82 valence electrons. The number of nitrogens with one attached hydrogen (secondary N) is 1. The van der Waals surface area contributed by atoms with Crippen LogP contribution in [0.25, 0.3) is 0 Å². The smallest absolute Gasteiger partial charge is 0.255 e. The largest absolute Gasteiger partial charge is 0.389 e. The second-order valence-electron chi connectivity index (χ2n) is 2.83. The maximum atomic E-state index is 12.0. The Bertz CT molecular complexity index is 371. The van der Waals surface area contributed by atoms with Gasteiger partial charge >= 0.3 is 0 Å². The number of anilines is 1. The van der Waals surface area contributed by atoms with Crippen molar-refractivity contribution in [2.24, 2.45) is 5.73 Å². The van der Waals surface area contributed by atoms with Crippen LogP contribution in [0.2, 0.25) is 5.02 Å². The zero-order chi connectivity index (χ0) is 11.4. The van der Waals surface area contributed by atoms with E-state index in [1.165, 1.54) is 6.07 Å². The summed E-state index contributed by atoms with van der Waals surface area (Å²) in [6.45, 7) is -0.462. The number of nitrogens with two attached hydrogens (primary N) is 1. The average Bonchev–Trinajstić information content (AvgIpc) is 2.14. The summed E-state index contributed by atoms with van der Waals surface area (Å²) in [6, 6.07) is 4.71. The van der Waals surface area contributed by atoms with Crippen molar-refractivity contribution in [1.82, 2.24) is 0 Å². The molecule has 6 heteroatoms. The fraction of sp³-hybridized carbons (Fsp3) is 0.222. The molecule has 0 aliphatic carbocycles. The number of rotatable bonds is 4. The first-order chi connectivity index (χ1) is 7.00. The summed E-state index contributed by atoms with van der Waals surface area (Å²) >= 11 is 10.5. The number of halogens is 3. The van der Waals surface area contributed by atoms with Crippen molar-refractivity contribution in [1.29, 1.82) is 0 Å². The topological polar surface area (TPSA) is 38.0 Å². The van der Waals surface area contributed by atoms with Crippen LogP contribution >= 0.6 is 23.8 Å². The summed E-state index contributed by atoms with van der Waals surface area (Å²) in [5, 5.41) is 2.97. The summed E-state index contributed by atoms with van der Waals surface area (Å²) in [4.78, 5) is 0.142. The molecule has 0 spiro atoms. The maximum Gasteiger partial charge on any atom is 0.255 e. The summed E-state index contributed by atoms with van der Waals surface area (Å²) in [7, 11) is 0. The first kappa shape index (κ1) is 12.1. The van der Waals surface area contributed by atoms with Crippen molar-refractivity contribution in [3.05, 3.63) is 28.8 Å². The summed E-state index contributed by atoms with van der Waals surface area (Å²) in [5.74, 6) is 0. The highest BCUT2D eigenvalue weighted by Gasteiger charge is 2.08. The minimum Gasteiger partial charge on any atom is -0.389 e. The number of hydrogen-bond donors (Lipinski definition) is 2. The molecule has 0 bridgehead atoms. The molecule has 0 aliphatic heterocycles. The molecule has 15 heavy (non-hydrogen) atoms. The number of benzene rings is 1. The van der Waals surface area contributed by atoms with Crippen molar-refractivity contribution in [3.8, 4) is 0 Å². The van der Waals surface area contributed by atoms with Gasteiger partial charge in [0.1, 0.15) is 4.99 Å². The lowest BCUT2D eigenvalue weighted by Crippen LogP contribution is -2.16. The van der Waals surface area contributed by atoms with E-state index in [2.05, 4.69) is 5.32 Å². The third kappa shape index (κ3) is 3.60. The van der Waals surface area contributed by atoms with Gasteiger partial charge in [-0.15, -0.1) is 0 Å². The Labute approximate surface area is 96.4 Å². The van der Waals surface area contributed by atoms with Crippen molar-refractivity contribution >= 4 is 34.5 Å². The first-order valence-corrected chi connectivity index (χ1v) is 4.90. The zero-order valence-electron chi connectivity index (χ0n) is 7.64. The minimum atomic E-state index is -2.44. The Hall–Kier alpha value is -0.940. The van der Waals surface area contributed by atoms with Crippen LogP contribution in [0, 0.1) is 0 Å². The number of thiocarbonyl (C=S) groups is 1. The Balaban J connectivity index is 2.92. The van der Waals surface area contributed by atoms with E-state index in [1.54, 1.807) is 12.1 Å². The van der Waals surface area contributed by atoms with E-state index in [0.717, 1.165) is 0 Å². The van der Waals surface area contributed by atoms with E-state index in [0.29, 0.717) is 16.3 Å². The van der Waals surface area contributed by atoms with Crippen LogP contribution in [-0.2, 0) is 0 Å². The normalized spacial score (nSPS) is 10.4. The fourth-order valence-corrected chi connectivity index (χ4v) is 1.41. The van der Waals surface area contributed by atoms with Gasteiger partial charge in [-0.3, -0.25) is 0 Å². The lowest BCUT2D eigenvalue weighted by molar-refractivity contribution is 0.163. The van der Waals surface area contributed by atoms with E-state index in [4.69, 9.17) is 29.6 Å². The number of alkyl halides is 2. The molecule has 1 aromatic carbocycles. The highest BCUT2D eigenvalue weighted by Crippen LogP contribution is 2.21. The quantitative estimate of drug-likeness (QED) is 0.807. The van der Waals surface area contributed by atoms with E-state index in [9.17, 15) is 8.78 Å². The molecule has 0 unspecified atom stereocenters. The van der Waals surface area contributed by atoms with Gasteiger partial charge in [-0.05, 0) is 18.2 Å². The molecular weight excluding hydrogens is 242 g/mol. The van der Waals surface area contributed by atoms with E-state index < -0.39 is 13.0 Å². The molecule has 1 rings (SSSR count). The highest BCUT2D eigenvalue weighted by atomic mass is 35.5. The molecule has 0 amide bonds. The van der Waals surface area contributed by atoms with Crippen LogP contribution in [-0.4, -0.2) is 18.0 Å². The number of hydrogen-bond acceptors (Lipinski definition) is 2. The van der Waals surface area contributed by atoms with Gasteiger partial charge in [0, 0.05) is 16.3 Å². The van der Waals surface area contributed by atoms with E-state index >= 15 is 0 Å². The molecular formula is C9H9ClF2N2S. The molecule has 2 nitrogen and oxygen atoms in total.